The second-order valence-electron chi connectivity index (χ2n) is 16.5. The third kappa shape index (κ3) is 6.74. The molecule has 1 spiro atoms. The third-order valence-corrected chi connectivity index (χ3v) is 13.2. The second-order valence-corrected chi connectivity index (χ2v) is 16.5. The summed E-state index contributed by atoms with van der Waals surface area (Å²) in [5.41, 5.74) is -1.12. The summed E-state index contributed by atoms with van der Waals surface area (Å²) in [7, 11) is 2.97. The highest BCUT2D eigenvalue weighted by atomic mass is 16.7. The molecule has 5 aliphatic rings. The number of esters is 1. The van der Waals surface area contributed by atoms with Crippen LogP contribution in [-0.4, -0.2) is 108 Å². The highest BCUT2D eigenvalue weighted by molar-refractivity contribution is 5.72. The predicted molar refractivity (Wildman–Crippen MR) is 177 cm³/mol. The summed E-state index contributed by atoms with van der Waals surface area (Å²) >= 11 is 0. The molecule has 17 unspecified atom stereocenters. The lowest BCUT2D eigenvalue weighted by molar-refractivity contribution is -0.336. The van der Waals surface area contributed by atoms with Gasteiger partial charge in [0.05, 0.1) is 73.6 Å². The number of ether oxygens (including phenoxy) is 7. The first kappa shape index (κ1) is 38.3. The van der Waals surface area contributed by atoms with Crippen molar-refractivity contribution < 1.29 is 53.3 Å². The monoisotopic (exact) mass is 684 g/mol. The van der Waals surface area contributed by atoms with Crippen molar-refractivity contribution in [1.29, 1.82) is 0 Å². The number of aliphatic hydroxyl groups is 3. The van der Waals surface area contributed by atoms with Crippen molar-refractivity contribution in [2.75, 3.05) is 20.8 Å². The van der Waals surface area contributed by atoms with Gasteiger partial charge < -0.3 is 48.5 Å². The van der Waals surface area contributed by atoms with Crippen molar-refractivity contribution >= 4 is 5.97 Å². The Kier molecular flexibility index (Phi) is 11.4. The quantitative estimate of drug-likeness (QED) is 0.283. The minimum Gasteiger partial charge on any atom is -0.469 e. The van der Waals surface area contributed by atoms with Gasteiger partial charge in [-0.1, -0.05) is 41.5 Å². The normalized spacial score (nSPS) is 50.0. The van der Waals surface area contributed by atoms with E-state index >= 15 is 0 Å². The van der Waals surface area contributed by atoms with Crippen LogP contribution in [0.1, 0.15) is 107 Å². The van der Waals surface area contributed by atoms with Crippen LogP contribution in [0.5, 0.6) is 0 Å². The lowest BCUT2D eigenvalue weighted by atomic mass is 9.78. The van der Waals surface area contributed by atoms with Crippen LogP contribution in [0, 0.1) is 35.5 Å². The highest BCUT2D eigenvalue weighted by Crippen LogP contribution is 2.55. The molecule has 5 heterocycles. The molecule has 0 radical (unpaired) electrons. The lowest BCUT2D eigenvalue weighted by Gasteiger charge is -2.49. The Morgan fingerprint density at radius 3 is 2.33 bits per heavy atom. The number of hydrogen-bond acceptors (Lipinski definition) is 11. The predicted octanol–water partition coefficient (Wildman–Crippen LogP) is 4.36. The number of methoxy groups -OCH3 is 2. The van der Waals surface area contributed by atoms with Gasteiger partial charge in [-0.15, -0.1) is 0 Å². The molecule has 0 aromatic carbocycles. The summed E-state index contributed by atoms with van der Waals surface area (Å²) in [5, 5.41) is 32.3. The average Bonchev–Trinajstić information content (AvgIpc) is 3.77. The topological polar surface area (TPSA) is 142 Å². The van der Waals surface area contributed by atoms with Gasteiger partial charge in [-0.05, 0) is 64.2 Å². The fourth-order valence-corrected chi connectivity index (χ4v) is 10.1. The van der Waals surface area contributed by atoms with Crippen molar-refractivity contribution in [3.05, 3.63) is 0 Å². The molecule has 0 aromatic rings. The third-order valence-electron chi connectivity index (χ3n) is 13.2. The molecule has 3 N–H and O–H groups in total. The van der Waals surface area contributed by atoms with Gasteiger partial charge in [0, 0.05) is 37.7 Å². The molecule has 278 valence electrons. The highest BCUT2D eigenvalue weighted by Gasteiger charge is 2.62. The van der Waals surface area contributed by atoms with Gasteiger partial charge in [-0.3, -0.25) is 4.79 Å². The molecule has 48 heavy (non-hydrogen) atoms. The first-order valence-corrected chi connectivity index (χ1v) is 18.5. The standard InChI is InChI=1S/C37H64O11/c1-11-35(32-21(3)17-27(44-32)29-20(2)16-22(4)37(41,19-38)47-29)13-12-28(45-35)34(8)14-15-36(48-34)18-26(39)23(5)31(46-36)24(6)30(42-9)25(7)33(40)43-10/h20-32,38-39,41H,11-19H2,1-10H3. The van der Waals surface area contributed by atoms with Crippen molar-refractivity contribution in [2.24, 2.45) is 35.5 Å². The van der Waals surface area contributed by atoms with E-state index in [1.54, 1.807) is 14.0 Å². The molecule has 17 atom stereocenters. The molecule has 0 aliphatic carbocycles. The molecular formula is C37H64O11. The van der Waals surface area contributed by atoms with Crippen molar-refractivity contribution in [2.45, 2.75) is 172 Å². The summed E-state index contributed by atoms with van der Waals surface area (Å²) in [4.78, 5) is 12.4. The van der Waals surface area contributed by atoms with E-state index in [1.165, 1.54) is 7.11 Å². The van der Waals surface area contributed by atoms with Crippen molar-refractivity contribution in [3.63, 3.8) is 0 Å². The Labute approximate surface area is 287 Å². The molecule has 11 heteroatoms. The summed E-state index contributed by atoms with van der Waals surface area (Å²) in [5.74, 6) is -3.52. The van der Waals surface area contributed by atoms with Crippen LogP contribution in [-0.2, 0) is 38.0 Å². The summed E-state index contributed by atoms with van der Waals surface area (Å²) in [6.07, 6.45) is 3.37. The number of carbonyl (C=O) groups excluding carboxylic acids is 1. The van der Waals surface area contributed by atoms with Gasteiger partial charge in [0.15, 0.2) is 11.6 Å². The second kappa shape index (κ2) is 14.3. The molecular weight excluding hydrogens is 620 g/mol. The lowest BCUT2D eigenvalue weighted by Crippen LogP contribution is -2.57. The molecule has 0 amide bonds. The minimum atomic E-state index is -1.56. The van der Waals surface area contributed by atoms with E-state index in [-0.39, 0.29) is 60.0 Å². The van der Waals surface area contributed by atoms with E-state index < -0.39 is 53.6 Å². The van der Waals surface area contributed by atoms with Gasteiger partial charge in [-0.25, -0.2) is 0 Å². The Morgan fingerprint density at radius 2 is 1.71 bits per heavy atom. The fourth-order valence-electron chi connectivity index (χ4n) is 10.1. The molecule has 5 rings (SSSR count). The zero-order valence-corrected chi connectivity index (χ0v) is 31.0. The van der Waals surface area contributed by atoms with Gasteiger partial charge in [0.25, 0.3) is 0 Å². The van der Waals surface area contributed by atoms with E-state index in [4.69, 9.17) is 33.2 Å². The average molecular weight is 685 g/mol. The summed E-state index contributed by atoms with van der Waals surface area (Å²) in [6, 6.07) is 0. The SMILES string of the molecule is CCC1(C2OC(C3OC(O)(CO)C(C)CC3C)CC2C)CCC(C2(C)CCC3(CC(O)C(C)C(C(C)C(OC)C(C)C(=O)OC)O3)O2)O1. The fraction of sp³-hybridized carbons (Fsp3) is 0.973. The Morgan fingerprint density at radius 1 is 1.00 bits per heavy atom. The smallest absolute Gasteiger partial charge is 0.311 e. The van der Waals surface area contributed by atoms with Crippen LogP contribution in [0.4, 0.5) is 0 Å². The number of aliphatic hydroxyl groups excluding tert-OH is 2. The van der Waals surface area contributed by atoms with Gasteiger partial charge in [0.1, 0.15) is 0 Å². The largest absolute Gasteiger partial charge is 0.469 e. The first-order valence-electron chi connectivity index (χ1n) is 18.5. The van der Waals surface area contributed by atoms with E-state index in [0.717, 1.165) is 38.5 Å². The first-order chi connectivity index (χ1) is 22.5. The molecule has 0 aromatic heterocycles. The summed E-state index contributed by atoms with van der Waals surface area (Å²) < 4.78 is 44.7. The zero-order chi connectivity index (χ0) is 35.4. The van der Waals surface area contributed by atoms with Gasteiger partial charge in [-0.2, -0.15) is 0 Å². The van der Waals surface area contributed by atoms with Crippen molar-refractivity contribution in [1.82, 2.24) is 0 Å². The molecule has 11 nitrogen and oxygen atoms in total. The maximum atomic E-state index is 12.4. The molecule has 0 bridgehead atoms. The van der Waals surface area contributed by atoms with E-state index in [9.17, 15) is 20.1 Å². The van der Waals surface area contributed by atoms with Crippen LogP contribution in [0.2, 0.25) is 0 Å². The molecule has 0 saturated carbocycles. The maximum Gasteiger partial charge on any atom is 0.311 e. The zero-order valence-electron chi connectivity index (χ0n) is 31.0. The van der Waals surface area contributed by atoms with Crippen LogP contribution in [0.25, 0.3) is 0 Å². The molecule has 5 saturated heterocycles. The van der Waals surface area contributed by atoms with E-state index in [0.29, 0.717) is 12.8 Å². The Balaban J connectivity index is 1.28. The van der Waals surface area contributed by atoms with Gasteiger partial charge >= 0.3 is 5.97 Å². The van der Waals surface area contributed by atoms with E-state index in [2.05, 4.69) is 27.7 Å². The maximum absolute atomic E-state index is 12.4. The van der Waals surface area contributed by atoms with E-state index in [1.807, 2.05) is 20.8 Å². The van der Waals surface area contributed by atoms with Crippen molar-refractivity contribution in [3.8, 4) is 0 Å². The van der Waals surface area contributed by atoms with Crippen LogP contribution in [0.3, 0.4) is 0 Å². The number of carbonyl (C=O) groups is 1. The van der Waals surface area contributed by atoms with Gasteiger partial charge in [0.2, 0.25) is 0 Å². The Bertz CT molecular complexity index is 1120. The minimum absolute atomic E-state index is 0.143. The van der Waals surface area contributed by atoms with Crippen LogP contribution in [0.15, 0.2) is 0 Å². The van der Waals surface area contributed by atoms with Crippen LogP contribution >= 0.6 is 0 Å². The van der Waals surface area contributed by atoms with Crippen LogP contribution < -0.4 is 0 Å². The molecule has 5 aliphatic heterocycles. The number of rotatable bonds is 10. The number of hydrogen-bond donors (Lipinski definition) is 3. The Hall–Kier alpha value is -0.890. The molecule has 5 fully saturated rings. The summed E-state index contributed by atoms with van der Waals surface area (Å²) in [6.45, 7) is 15.9.